The van der Waals surface area contributed by atoms with Crippen molar-refractivity contribution in [3.8, 4) is 0 Å². The summed E-state index contributed by atoms with van der Waals surface area (Å²) in [7, 11) is -1.86. The quantitative estimate of drug-likeness (QED) is 0.686. The summed E-state index contributed by atoms with van der Waals surface area (Å²) in [5, 5.41) is 3.36. The number of hydrogen-bond acceptors (Lipinski definition) is 3. The van der Waals surface area contributed by atoms with Crippen molar-refractivity contribution in [3.63, 3.8) is 0 Å². The van der Waals surface area contributed by atoms with E-state index in [1.807, 2.05) is 0 Å². The van der Waals surface area contributed by atoms with Crippen molar-refractivity contribution in [2.75, 3.05) is 7.11 Å². The summed E-state index contributed by atoms with van der Waals surface area (Å²) in [4.78, 5) is 0. The molecule has 23 heavy (non-hydrogen) atoms. The Kier molecular flexibility index (Phi) is 5.92. The van der Waals surface area contributed by atoms with Crippen LogP contribution in [0.15, 0.2) is 0 Å². The molecule has 1 fully saturated rings. The molecule has 1 aliphatic rings. The van der Waals surface area contributed by atoms with E-state index in [0.29, 0.717) is 11.8 Å². The summed E-state index contributed by atoms with van der Waals surface area (Å²) < 4.78 is 24.6. The Morgan fingerprint density at radius 3 is 1.70 bits per heavy atom. The fourth-order valence-electron chi connectivity index (χ4n) is 4.35. The molecule has 138 valence electrons. The highest BCUT2D eigenvalue weighted by atomic mass is 31.2. The van der Waals surface area contributed by atoms with E-state index in [1.54, 1.807) is 0 Å². The molecule has 0 spiro atoms. The molecule has 0 aromatic carbocycles. The predicted octanol–water partition coefficient (Wildman–Crippen LogP) is 5.49. The zero-order valence-corrected chi connectivity index (χ0v) is 17.9. The topological polar surface area (TPSA) is 47.6 Å². The maximum absolute atomic E-state index is 13.2. The van der Waals surface area contributed by atoms with Crippen LogP contribution in [0.3, 0.4) is 0 Å². The van der Waals surface area contributed by atoms with Gasteiger partial charge in [-0.25, -0.2) is 9.65 Å². The van der Waals surface area contributed by atoms with Crippen LogP contribution in [0.2, 0.25) is 0 Å². The van der Waals surface area contributed by atoms with Crippen LogP contribution >= 0.6 is 7.75 Å². The minimum Gasteiger partial charge on any atom is -0.300 e. The summed E-state index contributed by atoms with van der Waals surface area (Å²) in [6.45, 7) is 22.1. The number of rotatable bonds is 3. The van der Waals surface area contributed by atoms with E-state index >= 15 is 0 Å². The van der Waals surface area contributed by atoms with Gasteiger partial charge < -0.3 is 4.52 Å². The lowest BCUT2D eigenvalue weighted by atomic mass is 9.55. The van der Waals surface area contributed by atoms with Crippen molar-refractivity contribution < 1.29 is 13.6 Å². The van der Waals surface area contributed by atoms with E-state index in [-0.39, 0.29) is 28.4 Å². The normalized spacial score (nSPS) is 32.6. The largest absolute Gasteiger partial charge is 0.406 e. The molecule has 0 aliphatic carbocycles. The Hall–Kier alpha value is 0.110. The molecule has 0 aromatic rings. The zero-order valence-electron chi connectivity index (χ0n) is 17.0. The lowest BCUT2D eigenvalue weighted by molar-refractivity contribution is -0.114. The van der Waals surface area contributed by atoms with Crippen LogP contribution in [0, 0.1) is 28.6 Å². The molecule has 3 unspecified atom stereocenters. The molecule has 4 nitrogen and oxygen atoms in total. The highest BCUT2D eigenvalue weighted by Gasteiger charge is 2.62. The van der Waals surface area contributed by atoms with Gasteiger partial charge >= 0.3 is 7.75 Å². The Labute approximate surface area is 143 Å². The van der Waals surface area contributed by atoms with Gasteiger partial charge in [-0.1, -0.05) is 69.2 Å². The Morgan fingerprint density at radius 1 is 1.00 bits per heavy atom. The van der Waals surface area contributed by atoms with Gasteiger partial charge in [0.15, 0.2) is 0 Å². The fourth-order valence-corrected chi connectivity index (χ4v) is 6.45. The van der Waals surface area contributed by atoms with Gasteiger partial charge in [0.25, 0.3) is 0 Å². The van der Waals surface area contributed by atoms with Gasteiger partial charge in [0.1, 0.15) is 0 Å². The molecule has 0 saturated carbocycles. The standard InChI is InChI=1S/C18H38NO3P/c1-12(2)18(13(3)4)14(16(5,6)7)15(17(8,9)10)22-23(20,19-18)21-11/h12-15H,1-11H3,(H,19,20). The SMILES string of the molecule is COP1(=O)NC(C(C)C)(C(C)C)C(C(C)(C)C)C(C(C)(C)C)O1. The van der Waals surface area contributed by atoms with E-state index in [0.717, 1.165) is 0 Å². The Morgan fingerprint density at radius 2 is 1.43 bits per heavy atom. The third-order valence-corrected chi connectivity index (χ3v) is 6.98. The van der Waals surface area contributed by atoms with E-state index in [9.17, 15) is 4.57 Å². The molecular weight excluding hydrogens is 309 g/mol. The molecule has 0 radical (unpaired) electrons. The highest BCUT2D eigenvalue weighted by Crippen LogP contribution is 2.62. The number of hydrogen-bond donors (Lipinski definition) is 1. The highest BCUT2D eigenvalue weighted by molar-refractivity contribution is 7.51. The van der Waals surface area contributed by atoms with Crippen LogP contribution in [0.25, 0.3) is 0 Å². The first-order valence-corrected chi connectivity index (χ1v) is 10.3. The minimum absolute atomic E-state index is 0.00151. The maximum Gasteiger partial charge on any atom is 0.406 e. The third-order valence-electron chi connectivity index (χ3n) is 5.34. The van der Waals surface area contributed by atoms with Crippen molar-refractivity contribution in [2.45, 2.75) is 80.9 Å². The molecule has 0 aromatic heterocycles. The number of nitrogens with one attached hydrogen (secondary N) is 1. The van der Waals surface area contributed by atoms with Gasteiger partial charge in [-0.2, -0.15) is 0 Å². The Balaban J connectivity index is 3.68. The van der Waals surface area contributed by atoms with Crippen LogP contribution in [0.5, 0.6) is 0 Å². The predicted molar refractivity (Wildman–Crippen MR) is 97.4 cm³/mol. The Bertz CT molecular complexity index is 452. The molecule has 5 heteroatoms. The third kappa shape index (κ3) is 3.86. The summed E-state index contributed by atoms with van der Waals surface area (Å²) in [6.07, 6.45) is -0.153. The van der Waals surface area contributed by atoms with Crippen LogP contribution in [-0.4, -0.2) is 18.8 Å². The monoisotopic (exact) mass is 347 g/mol. The first kappa shape index (κ1) is 21.2. The van der Waals surface area contributed by atoms with Gasteiger partial charge in [-0.05, 0) is 22.7 Å². The molecule has 0 amide bonds. The molecule has 1 saturated heterocycles. The van der Waals surface area contributed by atoms with E-state index < -0.39 is 7.75 Å². The van der Waals surface area contributed by atoms with Crippen molar-refractivity contribution in [1.82, 2.24) is 5.09 Å². The van der Waals surface area contributed by atoms with Gasteiger partial charge in [-0.15, -0.1) is 0 Å². The molecule has 1 rings (SSSR count). The van der Waals surface area contributed by atoms with E-state index in [1.165, 1.54) is 7.11 Å². The van der Waals surface area contributed by atoms with Gasteiger partial charge in [-0.3, -0.25) is 4.52 Å². The fraction of sp³-hybridized carbons (Fsp3) is 1.00. The first-order valence-electron chi connectivity index (χ1n) is 8.75. The van der Waals surface area contributed by atoms with Gasteiger partial charge in [0, 0.05) is 18.6 Å². The summed E-state index contributed by atoms with van der Waals surface area (Å²) in [5.74, 6) is 0.792. The van der Waals surface area contributed by atoms with E-state index in [2.05, 4.69) is 74.3 Å². The molecule has 1 aliphatic heterocycles. The zero-order chi connectivity index (χ0) is 18.4. The lowest BCUT2D eigenvalue weighted by Gasteiger charge is -2.61. The molecule has 0 bridgehead atoms. The van der Waals surface area contributed by atoms with Crippen molar-refractivity contribution in [2.24, 2.45) is 28.6 Å². The van der Waals surface area contributed by atoms with Crippen molar-refractivity contribution in [3.05, 3.63) is 0 Å². The molecular formula is C18H38NO3P. The molecule has 1 N–H and O–H groups in total. The average Bonchev–Trinajstić information content (AvgIpc) is 2.34. The average molecular weight is 347 g/mol. The minimum atomic E-state index is -3.33. The maximum atomic E-state index is 13.2. The van der Waals surface area contributed by atoms with E-state index in [4.69, 9.17) is 9.05 Å². The van der Waals surface area contributed by atoms with Gasteiger partial charge in [0.05, 0.1) is 6.10 Å². The molecule has 1 heterocycles. The van der Waals surface area contributed by atoms with Crippen molar-refractivity contribution in [1.29, 1.82) is 0 Å². The van der Waals surface area contributed by atoms with Gasteiger partial charge in [0.2, 0.25) is 0 Å². The van der Waals surface area contributed by atoms with Crippen LogP contribution < -0.4 is 5.09 Å². The second kappa shape index (κ2) is 6.44. The first-order chi connectivity index (χ1) is 10.1. The van der Waals surface area contributed by atoms with Crippen LogP contribution in [-0.2, 0) is 13.6 Å². The van der Waals surface area contributed by atoms with Crippen LogP contribution in [0.4, 0.5) is 0 Å². The molecule has 3 atom stereocenters. The lowest BCUT2D eigenvalue weighted by Crippen LogP contribution is -2.69. The summed E-state index contributed by atoms with van der Waals surface area (Å²) in [6, 6.07) is 0. The second-order valence-corrected chi connectivity index (χ2v) is 11.6. The second-order valence-electron chi connectivity index (χ2n) is 9.77. The smallest absolute Gasteiger partial charge is 0.300 e. The summed E-state index contributed by atoms with van der Waals surface area (Å²) >= 11 is 0. The van der Waals surface area contributed by atoms with Crippen molar-refractivity contribution >= 4 is 7.75 Å². The van der Waals surface area contributed by atoms with Crippen LogP contribution in [0.1, 0.15) is 69.2 Å². The summed E-state index contributed by atoms with van der Waals surface area (Å²) in [5.41, 5.74) is -0.457.